The molecule has 1 atom stereocenters. The molecule has 0 saturated carbocycles. The zero-order valence-electron chi connectivity index (χ0n) is 14.2. The first-order chi connectivity index (χ1) is 11.6. The second kappa shape index (κ2) is 7.21. The Kier molecular flexibility index (Phi) is 5.03. The lowest BCUT2D eigenvalue weighted by molar-refractivity contribution is -0.142. The standard InChI is InChI=1S/C16H24N4O4/c1-11-13(12(2)24-18-11)10-17-16(22)20-7-5-19(6-8-20)15(21)14-4-3-9-23-14/h14H,3-10H2,1-2H3,(H,17,22). The first-order valence-corrected chi connectivity index (χ1v) is 8.41. The number of hydrogen-bond acceptors (Lipinski definition) is 5. The van der Waals surface area contributed by atoms with Crippen LogP contribution in [-0.2, 0) is 16.1 Å². The molecule has 2 fully saturated rings. The number of nitrogens with one attached hydrogen (secondary N) is 1. The first-order valence-electron chi connectivity index (χ1n) is 8.41. The lowest BCUT2D eigenvalue weighted by Gasteiger charge is -2.35. The summed E-state index contributed by atoms with van der Waals surface area (Å²) in [7, 11) is 0. The number of piperazine rings is 1. The molecular formula is C16H24N4O4. The molecule has 0 radical (unpaired) electrons. The van der Waals surface area contributed by atoms with Crippen LogP contribution in [0.2, 0.25) is 0 Å². The van der Waals surface area contributed by atoms with E-state index in [1.807, 2.05) is 13.8 Å². The molecule has 0 aliphatic carbocycles. The fraction of sp³-hybridized carbons (Fsp3) is 0.688. The molecule has 8 nitrogen and oxygen atoms in total. The molecule has 0 aromatic carbocycles. The fourth-order valence-electron chi connectivity index (χ4n) is 3.14. The van der Waals surface area contributed by atoms with Crippen molar-refractivity contribution in [1.82, 2.24) is 20.3 Å². The Morgan fingerprint density at radius 3 is 2.50 bits per heavy atom. The van der Waals surface area contributed by atoms with E-state index < -0.39 is 0 Å². The average Bonchev–Trinajstić information content (AvgIpc) is 3.23. The Morgan fingerprint density at radius 1 is 1.21 bits per heavy atom. The zero-order valence-corrected chi connectivity index (χ0v) is 14.2. The summed E-state index contributed by atoms with van der Waals surface area (Å²) in [5.74, 6) is 0.781. The molecule has 1 unspecified atom stereocenters. The van der Waals surface area contributed by atoms with E-state index in [9.17, 15) is 9.59 Å². The van der Waals surface area contributed by atoms with E-state index in [1.54, 1.807) is 9.80 Å². The monoisotopic (exact) mass is 336 g/mol. The number of aryl methyl sites for hydroxylation is 2. The number of carbonyl (C=O) groups excluding carboxylic acids is 2. The number of amides is 3. The molecule has 2 aliphatic rings. The highest BCUT2D eigenvalue weighted by atomic mass is 16.5. The van der Waals surface area contributed by atoms with Crippen LogP contribution in [-0.4, -0.2) is 65.8 Å². The summed E-state index contributed by atoms with van der Waals surface area (Å²) < 4.78 is 10.5. The van der Waals surface area contributed by atoms with Crippen molar-refractivity contribution in [3.05, 3.63) is 17.0 Å². The molecule has 0 bridgehead atoms. The molecule has 3 heterocycles. The predicted octanol–water partition coefficient (Wildman–Crippen LogP) is 0.824. The maximum Gasteiger partial charge on any atom is 0.317 e. The van der Waals surface area contributed by atoms with Crippen LogP contribution in [0.25, 0.3) is 0 Å². The van der Waals surface area contributed by atoms with Crippen LogP contribution < -0.4 is 5.32 Å². The van der Waals surface area contributed by atoms with Crippen molar-refractivity contribution in [3.8, 4) is 0 Å². The molecule has 1 N–H and O–H groups in total. The van der Waals surface area contributed by atoms with Crippen LogP contribution in [0.1, 0.15) is 29.9 Å². The van der Waals surface area contributed by atoms with Gasteiger partial charge in [-0.15, -0.1) is 0 Å². The van der Waals surface area contributed by atoms with E-state index in [0.29, 0.717) is 39.3 Å². The normalized spacial score (nSPS) is 21.2. The first kappa shape index (κ1) is 16.8. The largest absolute Gasteiger partial charge is 0.368 e. The molecule has 2 aliphatic heterocycles. The second-order valence-electron chi connectivity index (χ2n) is 6.28. The third-order valence-electron chi connectivity index (χ3n) is 4.68. The van der Waals surface area contributed by atoms with Gasteiger partial charge in [0.1, 0.15) is 11.9 Å². The number of urea groups is 1. The molecule has 3 rings (SSSR count). The molecule has 0 spiro atoms. The van der Waals surface area contributed by atoms with Gasteiger partial charge in [0.25, 0.3) is 5.91 Å². The van der Waals surface area contributed by atoms with Crippen LogP contribution in [0, 0.1) is 13.8 Å². The van der Waals surface area contributed by atoms with Crippen molar-refractivity contribution in [2.75, 3.05) is 32.8 Å². The van der Waals surface area contributed by atoms with Crippen LogP contribution in [0.3, 0.4) is 0 Å². The molecule has 3 amide bonds. The maximum absolute atomic E-state index is 12.3. The quantitative estimate of drug-likeness (QED) is 0.883. The summed E-state index contributed by atoms with van der Waals surface area (Å²) in [4.78, 5) is 28.1. The number of ether oxygens (including phenoxy) is 1. The highest BCUT2D eigenvalue weighted by Crippen LogP contribution is 2.16. The number of nitrogens with zero attached hydrogens (tertiary/aromatic N) is 3. The van der Waals surface area contributed by atoms with E-state index in [1.165, 1.54) is 0 Å². The Hall–Kier alpha value is -2.09. The molecule has 8 heteroatoms. The van der Waals surface area contributed by atoms with Gasteiger partial charge in [-0.25, -0.2) is 4.79 Å². The van der Waals surface area contributed by atoms with Gasteiger partial charge in [-0.2, -0.15) is 0 Å². The van der Waals surface area contributed by atoms with Gasteiger partial charge in [-0.05, 0) is 26.7 Å². The van der Waals surface area contributed by atoms with Gasteiger partial charge >= 0.3 is 6.03 Å². The average molecular weight is 336 g/mol. The fourth-order valence-corrected chi connectivity index (χ4v) is 3.14. The van der Waals surface area contributed by atoms with E-state index in [4.69, 9.17) is 9.26 Å². The summed E-state index contributed by atoms with van der Waals surface area (Å²) in [6.07, 6.45) is 1.46. The maximum atomic E-state index is 12.3. The van der Waals surface area contributed by atoms with Crippen molar-refractivity contribution >= 4 is 11.9 Å². The molecule has 2 saturated heterocycles. The van der Waals surface area contributed by atoms with Gasteiger partial charge in [0.05, 0.1) is 5.69 Å². The van der Waals surface area contributed by atoms with Gasteiger partial charge in [0.15, 0.2) is 0 Å². The third-order valence-corrected chi connectivity index (χ3v) is 4.68. The van der Waals surface area contributed by atoms with Crippen LogP contribution in [0.15, 0.2) is 4.52 Å². The van der Waals surface area contributed by atoms with E-state index in [2.05, 4.69) is 10.5 Å². The molecule has 24 heavy (non-hydrogen) atoms. The summed E-state index contributed by atoms with van der Waals surface area (Å²) in [6, 6.07) is -0.126. The molecular weight excluding hydrogens is 312 g/mol. The van der Waals surface area contributed by atoms with E-state index in [-0.39, 0.29) is 18.0 Å². The van der Waals surface area contributed by atoms with Crippen LogP contribution in [0.4, 0.5) is 4.79 Å². The lowest BCUT2D eigenvalue weighted by Crippen LogP contribution is -2.54. The predicted molar refractivity (Wildman–Crippen MR) is 85.3 cm³/mol. The number of hydrogen-bond donors (Lipinski definition) is 1. The van der Waals surface area contributed by atoms with Gasteiger partial charge < -0.3 is 24.4 Å². The number of aromatic nitrogens is 1. The highest BCUT2D eigenvalue weighted by molar-refractivity contribution is 5.81. The Bertz CT molecular complexity index is 582. The molecule has 1 aromatic rings. The minimum Gasteiger partial charge on any atom is -0.368 e. The van der Waals surface area contributed by atoms with Gasteiger partial charge in [-0.3, -0.25) is 4.79 Å². The summed E-state index contributed by atoms with van der Waals surface area (Å²) in [6.45, 7) is 6.92. The molecule has 1 aromatic heterocycles. The number of rotatable bonds is 3. The topological polar surface area (TPSA) is 87.9 Å². The Labute approximate surface area is 141 Å². The summed E-state index contributed by atoms with van der Waals surface area (Å²) in [5, 5.41) is 6.77. The summed E-state index contributed by atoms with van der Waals surface area (Å²) >= 11 is 0. The van der Waals surface area contributed by atoms with Crippen molar-refractivity contribution in [3.63, 3.8) is 0 Å². The highest BCUT2D eigenvalue weighted by Gasteiger charge is 2.31. The van der Waals surface area contributed by atoms with E-state index in [0.717, 1.165) is 29.9 Å². The minimum absolute atomic E-state index is 0.0586. The van der Waals surface area contributed by atoms with Crippen LogP contribution >= 0.6 is 0 Å². The van der Waals surface area contributed by atoms with Crippen molar-refractivity contribution < 1.29 is 18.8 Å². The minimum atomic E-state index is -0.287. The van der Waals surface area contributed by atoms with Crippen molar-refractivity contribution in [1.29, 1.82) is 0 Å². The second-order valence-corrected chi connectivity index (χ2v) is 6.28. The van der Waals surface area contributed by atoms with Gasteiger partial charge in [0.2, 0.25) is 0 Å². The zero-order chi connectivity index (χ0) is 17.1. The lowest BCUT2D eigenvalue weighted by atomic mass is 10.2. The Morgan fingerprint density at radius 2 is 1.92 bits per heavy atom. The smallest absolute Gasteiger partial charge is 0.317 e. The summed E-state index contributed by atoms with van der Waals surface area (Å²) in [5.41, 5.74) is 1.70. The van der Waals surface area contributed by atoms with Crippen molar-refractivity contribution in [2.45, 2.75) is 39.3 Å². The van der Waals surface area contributed by atoms with Gasteiger partial charge in [-0.1, -0.05) is 5.16 Å². The van der Waals surface area contributed by atoms with Gasteiger partial charge in [0, 0.05) is 44.9 Å². The number of carbonyl (C=O) groups is 2. The molecule has 132 valence electrons. The van der Waals surface area contributed by atoms with E-state index >= 15 is 0 Å². The Balaban J connectivity index is 1.45. The van der Waals surface area contributed by atoms with Crippen LogP contribution in [0.5, 0.6) is 0 Å². The third kappa shape index (κ3) is 3.53. The SMILES string of the molecule is Cc1noc(C)c1CNC(=O)N1CCN(C(=O)C2CCCO2)CC1. The van der Waals surface area contributed by atoms with Crippen molar-refractivity contribution in [2.24, 2.45) is 0 Å².